The number of benzene rings is 1. The number of aromatic amines is 1. The molecule has 1 heterocycles. The van der Waals surface area contributed by atoms with E-state index in [0.717, 1.165) is 18.3 Å². The monoisotopic (exact) mass is 346 g/mol. The molecular weight excluding hydrogens is 339 g/mol. The van der Waals surface area contributed by atoms with Gasteiger partial charge in [-0.1, -0.05) is 6.07 Å². The third kappa shape index (κ3) is 2.85. The lowest BCUT2D eigenvalue weighted by Gasteiger charge is -2.09. The summed E-state index contributed by atoms with van der Waals surface area (Å²) in [5.74, 6) is -0.745. The molecule has 5 nitrogen and oxygen atoms in total. The van der Waals surface area contributed by atoms with Gasteiger partial charge in [-0.2, -0.15) is 0 Å². The first-order valence-corrected chi connectivity index (χ1v) is 7.33. The zero-order valence-electron chi connectivity index (χ0n) is 9.35. The molecule has 0 bridgehead atoms. The van der Waals surface area contributed by atoms with Crippen molar-refractivity contribution < 1.29 is 12.8 Å². The molecular formula is C11H8BrFN2O3S. The van der Waals surface area contributed by atoms with Gasteiger partial charge in [-0.3, -0.25) is 9.52 Å². The van der Waals surface area contributed by atoms with Crippen molar-refractivity contribution in [3.8, 4) is 0 Å². The molecule has 1 aromatic heterocycles. The second-order valence-electron chi connectivity index (χ2n) is 3.57. The summed E-state index contributed by atoms with van der Waals surface area (Å²) < 4.78 is 39.9. The smallest absolute Gasteiger partial charge is 0.267 e. The zero-order valence-corrected chi connectivity index (χ0v) is 11.8. The highest BCUT2D eigenvalue weighted by atomic mass is 79.9. The predicted molar refractivity (Wildman–Crippen MR) is 72.0 cm³/mol. The molecule has 0 fully saturated rings. The molecule has 1 aromatic carbocycles. The summed E-state index contributed by atoms with van der Waals surface area (Å²) in [7, 11) is -4.15. The molecule has 0 aliphatic carbocycles. The van der Waals surface area contributed by atoms with Crippen molar-refractivity contribution in [3.05, 3.63) is 57.2 Å². The van der Waals surface area contributed by atoms with Gasteiger partial charge >= 0.3 is 0 Å². The number of hydrogen-bond donors (Lipinski definition) is 2. The average molecular weight is 347 g/mol. The Hall–Kier alpha value is -1.67. The van der Waals surface area contributed by atoms with Crippen LogP contribution in [0.15, 0.2) is 50.8 Å². The van der Waals surface area contributed by atoms with Gasteiger partial charge in [0.05, 0.1) is 5.69 Å². The van der Waals surface area contributed by atoms with Crippen LogP contribution in [0.5, 0.6) is 0 Å². The number of hydrogen-bond acceptors (Lipinski definition) is 3. The van der Waals surface area contributed by atoms with Crippen molar-refractivity contribution in [2.24, 2.45) is 0 Å². The number of H-pyrrole nitrogens is 1. The van der Waals surface area contributed by atoms with Crippen LogP contribution in [0, 0.1) is 5.82 Å². The zero-order chi connectivity index (χ0) is 14.0. The van der Waals surface area contributed by atoms with Gasteiger partial charge in [-0.05, 0) is 28.1 Å². The lowest BCUT2D eigenvalue weighted by Crippen LogP contribution is -2.21. The first kappa shape index (κ1) is 13.8. The molecule has 0 atom stereocenters. The molecule has 2 N–H and O–H groups in total. The topological polar surface area (TPSA) is 79.0 Å². The fourth-order valence-electron chi connectivity index (χ4n) is 1.40. The number of halogens is 2. The van der Waals surface area contributed by atoms with Gasteiger partial charge in [-0.25, -0.2) is 12.8 Å². The Bertz CT molecular complexity index is 753. The third-order valence-electron chi connectivity index (χ3n) is 2.28. The third-order valence-corrected chi connectivity index (χ3v) is 4.31. The fourth-order valence-corrected chi connectivity index (χ4v) is 3.11. The lowest BCUT2D eigenvalue weighted by atomic mass is 10.3. The molecule has 0 spiro atoms. The number of nitrogens with one attached hydrogen (secondary N) is 2. The first-order chi connectivity index (χ1) is 8.92. The normalized spacial score (nSPS) is 11.3. The Kier molecular flexibility index (Phi) is 3.72. The van der Waals surface area contributed by atoms with Crippen LogP contribution >= 0.6 is 15.9 Å². The van der Waals surface area contributed by atoms with Crippen molar-refractivity contribution in [1.29, 1.82) is 0 Å². The molecule has 0 unspecified atom stereocenters. The van der Waals surface area contributed by atoms with Crippen LogP contribution in [-0.2, 0) is 10.0 Å². The van der Waals surface area contributed by atoms with Gasteiger partial charge in [0.15, 0.2) is 4.90 Å². The van der Waals surface area contributed by atoms with Crippen LogP contribution in [0.25, 0.3) is 0 Å². The summed E-state index contributed by atoms with van der Waals surface area (Å²) in [4.78, 5) is 13.5. The molecule has 8 heteroatoms. The molecule has 0 radical (unpaired) electrons. The van der Waals surface area contributed by atoms with Gasteiger partial charge in [0, 0.05) is 22.9 Å². The number of rotatable bonds is 3. The lowest BCUT2D eigenvalue weighted by molar-refractivity contribution is 0.597. The molecule has 0 amide bonds. The molecule has 0 aliphatic heterocycles. The Morgan fingerprint density at radius 3 is 2.63 bits per heavy atom. The highest BCUT2D eigenvalue weighted by Crippen LogP contribution is 2.26. The van der Waals surface area contributed by atoms with Crippen LogP contribution in [0.4, 0.5) is 10.1 Å². The van der Waals surface area contributed by atoms with Gasteiger partial charge in [0.25, 0.3) is 10.0 Å². The Morgan fingerprint density at radius 2 is 2.00 bits per heavy atom. The maximum Gasteiger partial charge on any atom is 0.267 e. The van der Waals surface area contributed by atoms with E-state index < -0.39 is 26.2 Å². The standard InChI is InChI=1S/C11H8BrFN2O3S/c12-7-2-1-3-8(13)11(7)15-19(17,18)10-6-14-5-4-9(10)16/h1-6,15H,(H,14,16). The van der Waals surface area contributed by atoms with Gasteiger partial charge in [0.1, 0.15) is 5.82 Å². The van der Waals surface area contributed by atoms with Crippen LogP contribution < -0.4 is 10.2 Å². The van der Waals surface area contributed by atoms with Gasteiger partial charge in [-0.15, -0.1) is 0 Å². The van der Waals surface area contributed by atoms with Gasteiger partial charge in [0.2, 0.25) is 5.43 Å². The number of pyridine rings is 1. The van der Waals surface area contributed by atoms with Crippen LogP contribution in [0.1, 0.15) is 0 Å². The van der Waals surface area contributed by atoms with E-state index in [-0.39, 0.29) is 10.2 Å². The molecule has 2 aromatic rings. The predicted octanol–water partition coefficient (Wildman–Crippen LogP) is 2.08. The van der Waals surface area contributed by atoms with Crippen molar-refractivity contribution >= 4 is 31.6 Å². The SMILES string of the molecule is O=c1cc[nH]cc1S(=O)(=O)Nc1c(F)cccc1Br. The number of sulfonamides is 1. The summed E-state index contributed by atoms with van der Waals surface area (Å²) >= 11 is 3.04. The summed E-state index contributed by atoms with van der Waals surface area (Å²) in [6, 6.07) is 5.09. The molecule has 2 rings (SSSR count). The minimum Gasteiger partial charge on any atom is -0.366 e. The summed E-state index contributed by atoms with van der Waals surface area (Å²) in [5, 5.41) is 0. The average Bonchev–Trinajstić information content (AvgIpc) is 2.34. The Labute approximate surface area is 116 Å². The van der Waals surface area contributed by atoms with Crippen molar-refractivity contribution in [3.63, 3.8) is 0 Å². The van der Waals surface area contributed by atoms with E-state index in [1.54, 1.807) is 0 Å². The Morgan fingerprint density at radius 1 is 1.26 bits per heavy atom. The Balaban J connectivity index is 2.49. The second-order valence-corrected chi connectivity index (χ2v) is 6.08. The van der Waals surface area contributed by atoms with E-state index in [4.69, 9.17) is 0 Å². The maximum atomic E-state index is 13.6. The number of aromatic nitrogens is 1. The number of para-hydroxylation sites is 1. The van der Waals surface area contributed by atoms with E-state index in [1.165, 1.54) is 18.3 Å². The molecule has 100 valence electrons. The minimum absolute atomic E-state index is 0.239. The highest BCUT2D eigenvalue weighted by molar-refractivity contribution is 9.10. The van der Waals surface area contributed by atoms with Crippen LogP contribution in [0.3, 0.4) is 0 Å². The largest absolute Gasteiger partial charge is 0.366 e. The summed E-state index contributed by atoms with van der Waals surface area (Å²) in [6.45, 7) is 0. The maximum absolute atomic E-state index is 13.6. The number of anilines is 1. The summed E-state index contributed by atoms with van der Waals surface area (Å²) in [5.41, 5.74) is -0.926. The van der Waals surface area contributed by atoms with E-state index in [2.05, 4.69) is 20.9 Å². The van der Waals surface area contributed by atoms with Crippen molar-refractivity contribution in [1.82, 2.24) is 4.98 Å². The van der Waals surface area contributed by atoms with Gasteiger partial charge < -0.3 is 4.98 Å². The van der Waals surface area contributed by atoms with Crippen LogP contribution in [0.2, 0.25) is 0 Å². The summed E-state index contributed by atoms with van der Waals surface area (Å²) in [6.07, 6.45) is 2.35. The molecule has 0 saturated carbocycles. The van der Waals surface area contributed by atoms with Crippen LogP contribution in [-0.4, -0.2) is 13.4 Å². The van der Waals surface area contributed by atoms with E-state index in [1.807, 2.05) is 4.72 Å². The van der Waals surface area contributed by atoms with E-state index >= 15 is 0 Å². The first-order valence-electron chi connectivity index (χ1n) is 5.06. The molecule has 0 saturated heterocycles. The van der Waals surface area contributed by atoms with Crippen molar-refractivity contribution in [2.45, 2.75) is 4.90 Å². The second kappa shape index (κ2) is 5.14. The van der Waals surface area contributed by atoms with Crippen molar-refractivity contribution in [2.75, 3.05) is 4.72 Å². The van der Waals surface area contributed by atoms with E-state index in [9.17, 15) is 17.6 Å². The van der Waals surface area contributed by atoms with E-state index in [0.29, 0.717) is 0 Å². The highest BCUT2D eigenvalue weighted by Gasteiger charge is 2.20. The minimum atomic E-state index is -4.15. The molecule has 19 heavy (non-hydrogen) atoms. The quantitative estimate of drug-likeness (QED) is 0.892. The fraction of sp³-hybridized carbons (Fsp3) is 0. The molecule has 0 aliphatic rings.